The molecule has 0 aromatic heterocycles. The lowest BCUT2D eigenvalue weighted by Gasteiger charge is -2.23. The number of anilines is 1. The van der Waals surface area contributed by atoms with Gasteiger partial charge in [-0.05, 0) is 37.0 Å². The maximum absolute atomic E-state index is 10.7. The molecule has 2 rings (SSSR count). The van der Waals surface area contributed by atoms with E-state index in [1.54, 1.807) is 0 Å². The maximum atomic E-state index is 10.7. The number of hydrogen-bond acceptors (Lipinski definition) is 3. The van der Waals surface area contributed by atoms with Gasteiger partial charge in [-0.25, -0.2) is 0 Å². The standard InChI is InChI=1S/C18H25ClN2O2/c1-3-10-21(11-9-19)14-7-8-15-13(2)16(20-17(15)12-14)5-4-6-18(22)23/h7-8,12-13H,3-6,9-11H2,1-2H3,(H,22,23). The number of alkyl halides is 1. The van der Waals surface area contributed by atoms with Crippen LogP contribution in [0.5, 0.6) is 0 Å². The van der Waals surface area contributed by atoms with E-state index in [9.17, 15) is 4.79 Å². The molecule has 1 unspecified atom stereocenters. The molecule has 23 heavy (non-hydrogen) atoms. The first-order valence-electron chi connectivity index (χ1n) is 8.31. The van der Waals surface area contributed by atoms with Crippen LogP contribution in [0.4, 0.5) is 11.4 Å². The van der Waals surface area contributed by atoms with Crippen LogP contribution in [-0.4, -0.2) is 35.8 Å². The number of carbonyl (C=O) groups is 1. The summed E-state index contributed by atoms with van der Waals surface area (Å²) >= 11 is 5.91. The molecule has 0 bridgehead atoms. The zero-order valence-corrected chi connectivity index (χ0v) is 14.6. The molecule has 1 aromatic rings. The number of aliphatic imine (C=N–C) groups is 1. The third-order valence-electron chi connectivity index (χ3n) is 4.28. The lowest BCUT2D eigenvalue weighted by Crippen LogP contribution is -2.26. The normalized spacial score (nSPS) is 16.1. The molecule has 126 valence electrons. The number of aliphatic carboxylic acids is 1. The molecule has 0 radical (unpaired) electrons. The van der Waals surface area contributed by atoms with Crippen molar-refractivity contribution in [2.45, 2.75) is 45.4 Å². The number of fused-ring (bicyclic) bond motifs is 1. The van der Waals surface area contributed by atoms with E-state index in [4.69, 9.17) is 21.7 Å². The van der Waals surface area contributed by atoms with Crippen LogP contribution >= 0.6 is 11.6 Å². The predicted molar refractivity (Wildman–Crippen MR) is 96.7 cm³/mol. The fourth-order valence-electron chi connectivity index (χ4n) is 3.06. The van der Waals surface area contributed by atoms with Gasteiger partial charge in [-0.3, -0.25) is 9.79 Å². The molecule has 5 heteroatoms. The van der Waals surface area contributed by atoms with E-state index in [-0.39, 0.29) is 12.3 Å². The van der Waals surface area contributed by atoms with Crippen molar-refractivity contribution in [1.29, 1.82) is 0 Å². The summed E-state index contributed by atoms with van der Waals surface area (Å²) in [6, 6.07) is 6.44. The van der Waals surface area contributed by atoms with Gasteiger partial charge in [0, 0.05) is 42.7 Å². The Hall–Kier alpha value is -1.55. The van der Waals surface area contributed by atoms with E-state index >= 15 is 0 Å². The van der Waals surface area contributed by atoms with Crippen molar-refractivity contribution in [3.63, 3.8) is 0 Å². The number of halogens is 1. The molecule has 0 saturated heterocycles. The van der Waals surface area contributed by atoms with Crippen molar-refractivity contribution < 1.29 is 9.90 Å². The Kier molecular flexibility index (Phi) is 6.46. The number of hydrogen-bond donors (Lipinski definition) is 1. The van der Waals surface area contributed by atoms with Gasteiger partial charge in [-0.15, -0.1) is 11.6 Å². The molecule has 0 fully saturated rings. The maximum Gasteiger partial charge on any atom is 0.303 e. The summed E-state index contributed by atoms with van der Waals surface area (Å²) in [5.41, 5.74) is 4.52. The summed E-state index contributed by atoms with van der Waals surface area (Å²) in [5.74, 6) is 0.143. The molecule has 1 aliphatic heterocycles. The van der Waals surface area contributed by atoms with Gasteiger partial charge < -0.3 is 10.0 Å². The first-order chi connectivity index (χ1) is 11.1. The molecule has 1 heterocycles. The van der Waals surface area contributed by atoms with Gasteiger partial charge in [0.25, 0.3) is 0 Å². The summed E-state index contributed by atoms with van der Waals surface area (Å²) in [6.07, 6.45) is 2.67. The zero-order valence-electron chi connectivity index (χ0n) is 13.9. The van der Waals surface area contributed by atoms with Gasteiger partial charge in [-0.1, -0.05) is 19.9 Å². The molecule has 0 spiro atoms. The van der Waals surface area contributed by atoms with Gasteiger partial charge >= 0.3 is 5.97 Å². The molecule has 1 aliphatic rings. The zero-order chi connectivity index (χ0) is 16.8. The Morgan fingerprint density at radius 1 is 1.39 bits per heavy atom. The number of benzene rings is 1. The van der Waals surface area contributed by atoms with Crippen molar-refractivity contribution in [3.05, 3.63) is 23.8 Å². The van der Waals surface area contributed by atoms with Gasteiger partial charge in [0.15, 0.2) is 0 Å². The van der Waals surface area contributed by atoms with Crippen LogP contribution < -0.4 is 4.90 Å². The molecular weight excluding hydrogens is 312 g/mol. The Morgan fingerprint density at radius 3 is 2.83 bits per heavy atom. The highest BCUT2D eigenvalue weighted by Crippen LogP contribution is 2.39. The lowest BCUT2D eigenvalue weighted by molar-refractivity contribution is -0.137. The second kappa shape index (κ2) is 8.34. The van der Waals surface area contributed by atoms with Crippen molar-refractivity contribution in [2.75, 3.05) is 23.9 Å². The molecule has 1 atom stereocenters. The Morgan fingerprint density at radius 2 is 2.17 bits per heavy atom. The van der Waals surface area contributed by atoms with E-state index in [1.807, 2.05) is 0 Å². The van der Waals surface area contributed by atoms with Crippen LogP contribution in [0.15, 0.2) is 23.2 Å². The minimum absolute atomic E-state index is 0.202. The Balaban J connectivity index is 2.13. The highest BCUT2D eigenvalue weighted by Gasteiger charge is 2.23. The van der Waals surface area contributed by atoms with Crippen LogP contribution in [0.3, 0.4) is 0 Å². The van der Waals surface area contributed by atoms with E-state index in [2.05, 4.69) is 36.9 Å². The first kappa shape index (κ1) is 17.8. The number of carboxylic acids is 1. The summed E-state index contributed by atoms with van der Waals surface area (Å²) in [4.78, 5) is 17.7. The monoisotopic (exact) mass is 336 g/mol. The van der Waals surface area contributed by atoms with E-state index < -0.39 is 5.97 Å². The van der Waals surface area contributed by atoms with Crippen LogP contribution in [0.1, 0.15) is 51.0 Å². The molecule has 1 N–H and O–H groups in total. The van der Waals surface area contributed by atoms with E-state index in [0.29, 0.717) is 12.3 Å². The Bertz CT molecular complexity index is 580. The summed E-state index contributed by atoms with van der Waals surface area (Å²) < 4.78 is 0. The van der Waals surface area contributed by atoms with Crippen molar-refractivity contribution in [3.8, 4) is 0 Å². The average Bonchev–Trinajstić information content (AvgIpc) is 2.83. The van der Waals surface area contributed by atoms with Crippen LogP contribution in [0.25, 0.3) is 0 Å². The van der Waals surface area contributed by atoms with Crippen LogP contribution in [0, 0.1) is 0 Å². The van der Waals surface area contributed by atoms with E-state index in [1.165, 1.54) is 5.56 Å². The second-order valence-corrected chi connectivity index (χ2v) is 6.37. The fraction of sp³-hybridized carbons (Fsp3) is 0.556. The second-order valence-electron chi connectivity index (χ2n) is 5.99. The number of rotatable bonds is 9. The minimum atomic E-state index is -0.743. The lowest BCUT2D eigenvalue weighted by atomic mass is 9.94. The number of nitrogens with zero attached hydrogens (tertiary/aromatic N) is 2. The van der Waals surface area contributed by atoms with Gasteiger partial charge in [0.2, 0.25) is 0 Å². The summed E-state index contributed by atoms with van der Waals surface area (Å²) in [7, 11) is 0. The molecule has 0 saturated carbocycles. The van der Waals surface area contributed by atoms with Crippen molar-refractivity contribution >= 4 is 34.7 Å². The van der Waals surface area contributed by atoms with Crippen LogP contribution in [0.2, 0.25) is 0 Å². The molecule has 0 aliphatic carbocycles. The molecule has 1 aromatic carbocycles. The fourth-order valence-corrected chi connectivity index (χ4v) is 3.26. The van der Waals surface area contributed by atoms with Crippen molar-refractivity contribution in [2.24, 2.45) is 4.99 Å². The van der Waals surface area contributed by atoms with Crippen molar-refractivity contribution in [1.82, 2.24) is 0 Å². The highest BCUT2D eigenvalue weighted by molar-refractivity contribution is 6.18. The quantitative estimate of drug-likeness (QED) is 0.671. The smallest absolute Gasteiger partial charge is 0.303 e. The van der Waals surface area contributed by atoms with Gasteiger partial charge in [0.1, 0.15) is 0 Å². The largest absolute Gasteiger partial charge is 0.481 e. The number of carboxylic acid groups (broad SMARTS) is 1. The average molecular weight is 337 g/mol. The third-order valence-corrected chi connectivity index (χ3v) is 4.45. The molecule has 0 amide bonds. The van der Waals surface area contributed by atoms with Gasteiger partial charge in [-0.2, -0.15) is 0 Å². The SMILES string of the molecule is CCCN(CCCl)c1ccc2c(c1)N=C(CCCC(=O)O)C2C. The van der Waals surface area contributed by atoms with Gasteiger partial charge in [0.05, 0.1) is 5.69 Å². The minimum Gasteiger partial charge on any atom is -0.481 e. The summed E-state index contributed by atoms with van der Waals surface area (Å²) in [6.45, 7) is 6.12. The topological polar surface area (TPSA) is 52.9 Å². The molecular formula is C18H25ClN2O2. The summed E-state index contributed by atoms with van der Waals surface area (Å²) in [5, 5.41) is 8.77. The van der Waals surface area contributed by atoms with Crippen LogP contribution in [-0.2, 0) is 4.79 Å². The predicted octanol–water partition coefficient (Wildman–Crippen LogP) is 4.59. The van der Waals surface area contributed by atoms with E-state index in [0.717, 1.165) is 43.0 Å². The Labute approximate surface area is 143 Å². The third kappa shape index (κ3) is 4.47. The highest BCUT2D eigenvalue weighted by atomic mass is 35.5. The molecule has 4 nitrogen and oxygen atoms in total. The first-order valence-corrected chi connectivity index (χ1v) is 8.84.